The molecule has 2 fully saturated rings. The molecule has 0 aromatic carbocycles. The minimum Gasteiger partial charge on any atom is -0.338 e. The topological polar surface area (TPSA) is 65.0 Å². The van der Waals surface area contributed by atoms with Crippen LogP contribution in [0.5, 0.6) is 0 Å². The highest BCUT2D eigenvalue weighted by Crippen LogP contribution is 2.50. The summed E-state index contributed by atoms with van der Waals surface area (Å²) in [6.07, 6.45) is 21.4. The quantitative estimate of drug-likeness (QED) is 0.676. The van der Waals surface area contributed by atoms with Crippen LogP contribution < -0.4 is 5.32 Å². The van der Waals surface area contributed by atoms with Crippen LogP contribution in [0.1, 0.15) is 64.7 Å². The minimum absolute atomic E-state index is 0.0394. The Morgan fingerprint density at radius 3 is 2.94 bits per heavy atom. The molecule has 0 aromatic heterocycles. The van der Waals surface area contributed by atoms with Crippen molar-refractivity contribution < 1.29 is 9.59 Å². The Balaban J connectivity index is 1.42. The van der Waals surface area contributed by atoms with Crippen LogP contribution in [0.2, 0.25) is 0 Å². The number of nitrogens with zero attached hydrogens (tertiary/aromatic N) is 3. The number of nitrogens with one attached hydrogen (secondary N) is 1. The van der Waals surface area contributed by atoms with E-state index in [2.05, 4.69) is 30.5 Å². The fourth-order valence-corrected chi connectivity index (χ4v) is 6.48. The number of hydrogen-bond donors (Lipinski definition) is 1. The summed E-state index contributed by atoms with van der Waals surface area (Å²) in [7, 11) is 0. The van der Waals surface area contributed by atoms with E-state index in [0.29, 0.717) is 37.5 Å². The zero-order chi connectivity index (χ0) is 22.8. The smallest absolute Gasteiger partial charge is 0.319 e. The van der Waals surface area contributed by atoms with E-state index >= 15 is 0 Å². The first kappa shape index (κ1) is 22.2. The molecule has 33 heavy (non-hydrogen) atoms. The molecule has 176 valence electrons. The largest absolute Gasteiger partial charge is 0.338 e. The average Bonchev–Trinajstić information content (AvgIpc) is 3.06. The molecule has 0 aromatic rings. The van der Waals surface area contributed by atoms with Crippen LogP contribution in [-0.2, 0) is 4.79 Å². The number of fused-ring (bicyclic) bond motifs is 1. The molecular formula is C27H36N4O2. The molecule has 1 saturated carbocycles. The van der Waals surface area contributed by atoms with Gasteiger partial charge in [-0.2, -0.15) is 0 Å². The Kier molecular flexibility index (Phi) is 6.26. The first-order valence-corrected chi connectivity index (χ1v) is 12.7. The lowest BCUT2D eigenvalue weighted by Crippen LogP contribution is -2.65. The van der Waals surface area contributed by atoms with Crippen LogP contribution in [0.15, 0.2) is 52.2 Å². The van der Waals surface area contributed by atoms with Gasteiger partial charge in [-0.25, -0.2) is 4.79 Å². The second-order valence-corrected chi connectivity index (χ2v) is 10.2. The summed E-state index contributed by atoms with van der Waals surface area (Å²) in [6.45, 7) is 4.10. The van der Waals surface area contributed by atoms with E-state index in [-0.39, 0.29) is 17.9 Å². The number of carbonyl (C=O) groups is 2. The van der Waals surface area contributed by atoms with Crippen molar-refractivity contribution in [3.63, 3.8) is 0 Å². The van der Waals surface area contributed by atoms with Crippen molar-refractivity contribution in [3.05, 3.63) is 47.2 Å². The molecule has 3 atom stereocenters. The number of amides is 3. The summed E-state index contributed by atoms with van der Waals surface area (Å²) < 4.78 is 0. The maximum atomic E-state index is 13.7. The van der Waals surface area contributed by atoms with Crippen molar-refractivity contribution in [2.24, 2.45) is 16.8 Å². The number of carbonyl (C=O) groups excluding carboxylic acids is 2. The Bertz CT molecular complexity index is 959. The third kappa shape index (κ3) is 4.09. The average molecular weight is 449 g/mol. The van der Waals surface area contributed by atoms with Crippen molar-refractivity contribution >= 4 is 18.2 Å². The Labute approximate surface area is 197 Å². The van der Waals surface area contributed by atoms with Crippen LogP contribution in [-0.4, -0.2) is 53.2 Å². The summed E-state index contributed by atoms with van der Waals surface area (Å²) in [5.41, 5.74) is 2.25. The van der Waals surface area contributed by atoms with E-state index < -0.39 is 5.66 Å². The molecule has 3 unspecified atom stereocenters. The number of urea groups is 1. The minimum atomic E-state index is -0.603. The molecule has 3 heterocycles. The standard InChI is InChI=1S/C27H36N4O2/c1-20-8-7-11-22(18-20)27-19-24-23(12-5-6-14-28-24)25(32)30(27)16-17-31(27)26(33)29-15-13-21-9-3-2-4-10-21/h3,5,9-10,12,14,20,22H,2,4,6-8,11,13,15-19H2,1H3,(H,29,33). The summed E-state index contributed by atoms with van der Waals surface area (Å²) in [5.74, 6) is 0.926. The van der Waals surface area contributed by atoms with Crippen molar-refractivity contribution in [1.29, 1.82) is 0 Å². The maximum Gasteiger partial charge on any atom is 0.319 e. The molecule has 5 aliphatic rings. The third-order valence-electron chi connectivity index (χ3n) is 8.07. The molecule has 3 amide bonds. The van der Waals surface area contributed by atoms with Gasteiger partial charge in [0.2, 0.25) is 0 Å². The normalized spacial score (nSPS) is 31.3. The zero-order valence-corrected chi connectivity index (χ0v) is 19.8. The highest BCUT2D eigenvalue weighted by Gasteiger charge is 2.59. The van der Waals surface area contributed by atoms with E-state index in [1.54, 1.807) is 0 Å². The first-order chi connectivity index (χ1) is 16.1. The van der Waals surface area contributed by atoms with E-state index in [1.165, 1.54) is 12.0 Å². The van der Waals surface area contributed by atoms with Gasteiger partial charge in [0.1, 0.15) is 5.66 Å². The van der Waals surface area contributed by atoms with Gasteiger partial charge >= 0.3 is 6.03 Å². The van der Waals surface area contributed by atoms with Gasteiger partial charge in [0.25, 0.3) is 5.91 Å². The van der Waals surface area contributed by atoms with E-state index in [1.807, 2.05) is 28.2 Å². The zero-order valence-electron chi connectivity index (χ0n) is 19.8. The van der Waals surface area contributed by atoms with Gasteiger partial charge in [-0.3, -0.25) is 14.7 Å². The van der Waals surface area contributed by atoms with Crippen molar-refractivity contribution in [2.45, 2.75) is 70.4 Å². The third-order valence-corrected chi connectivity index (χ3v) is 8.07. The number of hydrogen-bond acceptors (Lipinski definition) is 3. The lowest BCUT2D eigenvalue weighted by atomic mass is 9.71. The van der Waals surface area contributed by atoms with E-state index in [9.17, 15) is 9.59 Å². The van der Waals surface area contributed by atoms with Gasteiger partial charge in [-0.05, 0) is 38.0 Å². The summed E-state index contributed by atoms with van der Waals surface area (Å²) in [5, 5.41) is 3.19. The second-order valence-electron chi connectivity index (χ2n) is 10.2. The molecule has 0 bridgehead atoms. The van der Waals surface area contributed by atoms with Gasteiger partial charge in [-0.15, -0.1) is 0 Å². The van der Waals surface area contributed by atoms with Gasteiger partial charge < -0.3 is 10.2 Å². The second kappa shape index (κ2) is 9.32. The van der Waals surface area contributed by atoms with E-state index in [4.69, 9.17) is 4.99 Å². The Morgan fingerprint density at radius 2 is 2.12 bits per heavy atom. The van der Waals surface area contributed by atoms with Crippen molar-refractivity contribution in [1.82, 2.24) is 15.1 Å². The molecule has 3 aliphatic heterocycles. The summed E-state index contributed by atoms with van der Waals surface area (Å²) in [6, 6.07) is -0.0406. The summed E-state index contributed by atoms with van der Waals surface area (Å²) >= 11 is 0. The molecule has 5 rings (SSSR count). The lowest BCUT2D eigenvalue weighted by Gasteiger charge is -2.52. The van der Waals surface area contributed by atoms with Gasteiger partial charge in [0, 0.05) is 44.6 Å². The molecule has 0 spiro atoms. The highest BCUT2D eigenvalue weighted by atomic mass is 16.2. The SMILES string of the molecule is CC1CCCC(C23CC4=C(C=CCC=N4)C(=O)N2CCN3C(=O)NCCC2=CCCC=C2)C1. The van der Waals surface area contributed by atoms with E-state index in [0.717, 1.165) is 50.6 Å². The number of allylic oxidation sites excluding steroid dienone is 4. The molecule has 0 radical (unpaired) electrons. The van der Waals surface area contributed by atoms with Crippen LogP contribution in [0, 0.1) is 11.8 Å². The molecule has 1 N–H and O–H groups in total. The Morgan fingerprint density at radius 1 is 1.21 bits per heavy atom. The molecular weight excluding hydrogens is 412 g/mol. The fraction of sp³-hybridized carbons (Fsp3) is 0.593. The monoisotopic (exact) mass is 448 g/mol. The van der Waals surface area contributed by atoms with Gasteiger partial charge in [0.05, 0.1) is 11.3 Å². The fourth-order valence-electron chi connectivity index (χ4n) is 6.48. The lowest BCUT2D eigenvalue weighted by molar-refractivity contribution is -0.141. The molecule has 6 nitrogen and oxygen atoms in total. The maximum absolute atomic E-state index is 13.7. The first-order valence-electron chi connectivity index (χ1n) is 12.7. The van der Waals surface area contributed by atoms with Crippen LogP contribution in [0.3, 0.4) is 0 Å². The van der Waals surface area contributed by atoms with Crippen molar-refractivity contribution in [2.75, 3.05) is 19.6 Å². The predicted molar refractivity (Wildman–Crippen MR) is 131 cm³/mol. The van der Waals surface area contributed by atoms with Crippen molar-refractivity contribution in [3.8, 4) is 0 Å². The van der Waals surface area contributed by atoms with Crippen LogP contribution in [0.4, 0.5) is 4.79 Å². The summed E-state index contributed by atoms with van der Waals surface area (Å²) in [4.78, 5) is 36.0. The van der Waals surface area contributed by atoms with Gasteiger partial charge in [-0.1, -0.05) is 55.7 Å². The number of rotatable bonds is 4. The van der Waals surface area contributed by atoms with Gasteiger partial charge in [0.15, 0.2) is 0 Å². The Hall–Kier alpha value is -2.63. The van der Waals surface area contributed by atoms with Crippen LogP contribution >= 0.6 is 0 Å². The van der Waals surface area contributed by atoms with Crippen LogP contribution in [0.25, 0.3) is 0 Å². The predicted octanol–water partition coefficient (Wildman–Crippen LogP) is 4.72. The molecule has 2 aliphatic carbocycles. The molecule has 6 heteroatoms. The molecule has 1 saturated heterocycles. The highest BCUT2D eigenvalue weighted by molar-refractivity contribution is 6.00. The number of aliphatic imine (C=N–C) groups is 1.